The minimum absolute atomic E-state index is 0.0770. The number of pyridine rings is 1. The first kappa shape index (κ1) is 10.9. The Hall–Kier alpha value is -1.60. The van der Waals surface area contributed by atoms with Crippen LogP contribution in [0, 0.1) is 17.0 Å². The number of aliphatic hydroxyl groups excluding tert-OH is 1. The van der Waals surface area contributed by atoms with Crippen LogP contribution >= 0.6 is 11.3 Å². The topological polar surface area (TPSA) is 89.2 Å². The minimum atomic E-state index is -0.494. The van der Waals surface area contributed by atoms with Crippen molar-refractivity contribution in [3.8, 4) is 0 Å². The van der Waals surface area contributed by atoms with Crippen LogP contribution in [0.25, 0.3) is 10.3 Å². The number of thiazole rings is 1. The van der Waals surface area contributed by atoms with Crippen molar-refractivity contribution in [2.75, 3.05) is 6.61 Å². The number of aromatic nitrogens is 2. The summed E-state index contributed by atoms with van der Waals surface area (Å²) in [6.07, 6.45) is 1.45. The number of aryl methyl sites for hydroxylation is 1. The van der Waals surface area contributed by atoms with Crippen LogP contribution in [0.2, 0.25) is 0 Å². The molecular formula is C9H9N3O3S. The predicted molar refractivity (Wildman–Crippen MR) is 59.6 cm³/mol. The fourth-order valence-corrected chi connectivity index (χ4v) is 2.32. The Balaban J connectivity index is 2.72. The molecule has 0 radical (unpaired) electrons. The highest BCUT2D eigenvalue weighted by Crippen LogP contribution is 2.29. The number of nitrogens with zero attached hydrogens (tertiary/aromatic N) is 3. The zero-order valence-electron chi connectivity index (χ0n) is 8.51. The molecule has 84 valence electrons. The average molecular weight is 239 g/mol. The number of hydrogen-bond donors (Lipinski definition) is 1. The van der Waals surface area contributed by atoms with Crippen LogP contribution < -0.4 is 0 Å². The van der Waals surface area contributed by atoms with Gasteiger partial charge in [0, 0.05) is 13.0 Å². The van der Waals surface area contributed by atoms with Gasteiger partial charge in [0.2, 0.25) is 0 Å². The zero-order valence-corrected chi connectivity index (χ0v) is 9.32. The van der Waals surface area contributed by atoms with Crippen LogP contribution in [-0.2, 0) is 6.42 Å². The summed E-state index contributed by atoms with van der Waals surface area (Å²) < 4.78 is 0. The van der Waals surface area contributed by atoms with Crippen molar-refractivity contribution in [2.24, 2.45) is 0 Å². The van der Waals surface area contributed by atoms with E-state index in [1.807, 2.05) is 6.92 Å². The molecule has 16 heavy (non-hydrogen) atoms. The van der Waals surface area contributed by atoms with Gasteiger partial charge >= 0.3 is 0 Å². The quantitative estimate of drug-likeness (QED) is 0.646. The third-order valence-corrected chi connectivity index (χ3v) is 3.05. The molecule has 0 spiro atoms. The van der Waals surface area contributed by atoms with E-state index >= 15 is 0 Å². The van der Waals surface area contributed by atoms with E-state index in [1.165, 1.54) is 17.5 Å². The lowest BCUT2D eigenvalue weighted by Gasteiger charge is -2.00. The molecule has 0 fully saturated rings. The molecule has 0 unspecified atom stereocenters. The van der Waals surface area contributed by atoms with Gasteiger partial charge in [0.05, 0.1) is 15.5 Å². The molecule has 0 atom stereocenters. The van der Waals surface area contributed by atoms with Crippen molar-refractivity contribution in [1.82, 2.24) is 9.97 Å². The molecule has 2 aromatic rings. The molecule has 0 amide bonds. The highest BCUT2D eigenvalue weighted by molar-refractivity contribution is 7.18. The molecule has 0 aromatic carbocycles. The Morgan fingerprint density at radius 2 is 2.38 bits per heavy atom. The number of rotatable bonds is 3. The fraction of sp³-hybridized carbons (Fsp3) is 0.333. The van der Waals surface area contributed by atoms with Crippen molar-refractivity contribution in [2.45, 2.75) is 13.3 Å². The smallest absolute Gasteiger partial charge is 0.293 e. The minimum Gasteiger partial charge on any atom is -0.396 e. The summed E-state index contributed by atoms with van der Waals surface area (Å²) >= 11 is 1.39. The first-order valence-corrected chi connectivity index (χ1v) is 5.45. The Morgan fingerprint density at radius 1 is 1.62 bits per heavy atom. The van der Waals surface area contributed by atoms with Gasteiger partial charge in [0.15, 0.2) is 0 Å². The SMILES string of the molecule is Cc1nc2c(CCO)c([N+](=O)[O-])cnc2s1. The van der Waals surface area contributed by atoms with Crippen LogP contribution in [0.15, 0.2) is 6.20 Å². The molecular weight excluding hydrogens is 230 g/mol. The van der Waals surface area contributed by atoms with Crippen LogP contribution in [0.4, 0.5) is 5.69 Å². The van der Waals surface area contributed by atoms with Crippen LogP contribution in [-0.4, -0.2) is 26.6 Å². The molecule has 0 aliphatic rings. The maximum absolute atomic E-state index is 10.8. The lowest BCUT2D eigenvalue weighted by atomic mass is 10.1. The monoisotopic (exact) mass is 239 g/mol. The highest BCUT2D eigenvalue weighted by atomic mass is 32.1. The number of hydrogen-bond acceptors (Lipinski definition) is 6. The normalized spacial score (nSPS) is 10.9. The molecule has 0 saturated heterocycles. The van der Waals surface area contributed by atoms with Gasteiger partial charge in [-0.1, -0.05) is 11.3 Å². The first-order valence-electron chi connectivity index (χ1n) is 4.63. The molecule has 0 aliphatic heterocycles. The van der Waals surface area contributed by atoms with E-state index in [0.717, 1.165) is 5.01 Å². The lowest BCUT2D eigenvalue weighted by molar-refractivity contribution is -0.385. The molecule has 1 N–H and O–H groups in total. The van der Waals surface area contributed by atoms with E-state index < -0.39 is 4.92 Å². The van der Waals surface area contributed by atoms with Gasteiger partial charge < -0.3 is 5.11 Å². The van der Waals surface area contributed by atoms with Crippen LogP contribution in [0.3, 0.4) is 0 Å². The standard InChI is InChI=1S/C9H9N3O3S/c1-5-11-8-6(2-3-13)7(12(14)15)4-10-9(8)16-5/h4,13H,2-3H2,1H3. The molecule has 0 bridgehead atoms. The van der Waals surface area contributed by atoms with Crippen molar-refractivity contribution >= 4 is 27.4 Å². The number of nitro groups is 1. The van der Waals surface area contributed by atoms with Gasteiger partial charge in [-0.05, 0) is 6.92 Å². The molecule has 2 aromatic heterocycles. The van der Waals surface area contributed by atoms with Crippen molar-refractivity contribution in [3.05, 3.63) is 26.9 Å². The summed E-state index contributed by atoms with van der Waals surface area (Å²) in [5.74, 6) is 0. The first-order chi connectivity index (χ1) is 7.63. The summed E-state index contributed by atoms with van der Waals surface area (Å²) in [4.78, 5) is 19.2. The van der Waals surface area contributed by atoms with Gasteiger partial charge in [0.1, 0.15) is 16.5 Å². The van der Waals surface area contributed by atoms with Crippen LogP contribution in [0.5, 0.6) is 0 Å². The number of fused-ring (bicyclic) bond motifs is 1. The Labute approximate surface area is 94.7 Å². The fourth-order valence-electron chi connectivity index (χ4n) is 1.53. The van der Waals surface area contributed by atoms with Crippen molar-refractivity contribution < 1.29 is 10.0 Å². The van der Waals surface area contributed by atoms with Gasteiger partial charge in [-0.15, -0.1) is 0 Å². The summed E-state index contributed by atoms with van der Waals surface area (Å²) in [5, 5.41) is 20.5. The maximum atomic E-state index is 10.8. The van der Waals surface area contributed by atoms with Crippen molar-refractivity contribution in [1.29, 1.82) is 0 Å². The third-order valence-electron chi connectivity index (χ3n) is 2.17. The van der Waals surface area contributed by atoms with E-state index in [1.54, 1.807) is 0 Å². The van der Waals surface area contributed by atoms with E-state index in [-0.39, 0.29) is 18.7 Å². The average Bonchev–Trinajstić information content (AvgIpc) is 2.59. The molecule has 7 heteroatoms. The second kappa shape index (κ2) is 4.11. The third kappa shape index (κ3) is 1.74. The van der Waals surface area contributed by atoms with Gasteiger partial charge in [-0.2, -0.15) is 0 Å². The van der Waals surface area contributed by atoms with Gasteiger partial charge in [0.25, 0.3) is 5.69 Å². The van der Waals surface area contributed by atoms with Gasteiger partial charge in [-0.25, -0.2) is 9.97 Å². The largest absolute Gasteiger partial charge is 0.396 e. The van der Waals surface area contributed by atoms with E-state index in [2.05, 4.69) is 9.97 Å². The summed E-state index contributed by atoms with van der Waals surface area (Å²) in [6, 6.07) is 0. The zero-order chi connectivity index (χ0) is 11.7. The summed E-state index contributed by atoms with van der Waals surface area (Å²) in [6.45, 7) is 1.68. The second-order valence-electron chi connectivity index (χ2n) is 3.24. The Morgan fingerprint density at radius 3 is 3.00 bits per heavy atom. The van der Waals surface area contributed by atoms with Crippen molar-refractivity contribution in [3.63, 3.8) is 0 Å². The molecule has 2 heterocycles. The molecule has 0 aliphatic carbocycles. The van der Waals surface area contributed by atoms with E-state index in [9.17, 15) is 10.1 Å². The van der Waals surface area contributed by atoms with E-state index in [4.69, 9.17) is 5.11 Å². The summed E-state index contributed by atoms with van der Waals surface area (Å²) in [5.41, 5.74) is 0.916. The Bertz CT molecular complexity index is 552. The second-order valence-corrected chi connectivity index (χ2v) is 4.42. The molecule has 2 rings (SSSR count). The molecule has 0 saturated carbocycles. The molecule has 6 nitrogen and oxygen atoms in total. The van der Waals surface area contributed by atoms with Crippen LogP contribution in [0.1, 0.15) is 10.6 Å². The lowest BCUT2D eigenvalue weighted by Crippen LogP contribution is -2.00. The van der Waals surface area contributed by atoms with E-state index in [0.29, 0.717) is 15.9 Å². The Kier molecular flexibility index (Phi) is 2.80. The maximum Gasteiger partial charge on any atom is 0.293 e. The van der Waals surface area contributed by atoms with Gasteiger partial charge in [-0.3, -0.25) is 10.1 Å². The highest BCUT2D eigenvalue weighted by Gasteiger charge is 2.19. The predicted octanol–water partition coefficient (Wildman–Crippen LogP) is 1.44. The summed E-state index contributed by atoms with van der Waals surface area (Å²) in [7, 11) is 0. The number of aliphatic hydroxyl groups is 1.